The fourth-order valence-corrected chi connectivity index (χ4v) is 2.34. The number of benzene rings is 2. The molecule has 2 aromatic rings. The molecule has 106 valence electrons. The van der Waals surface area contributed by atoms with Gasteiger partial charge in [0.25, 0.3) is 0 Å². The molecule has 1 atom stereocenters. The highest BCUT2D eigenvalue weighted by Gasteiger charge is 2.09. The first-order valence-corrected chi connectivity index (χ1v) is 7.67. The van der Waals surface area contributed by atoms with Crippen LogP contribution in [0, 0.1) is 6.92 Å². The van der Waals surface area contributed by atoms with Gasteiger partial charge in [0.15, 0.2) is 0 Å². The minimum Gasteiger partial charge on any atom is -0.457 e. The number of hydrogen-bond acceptors (Lipinski definition) is 2. The summed E-state index contributed by atoms with van der Waals surface area (Å²) in [4.78, 5) is 0. The minimum atomic E-state index is 0.170. The SMILES string of the molecule is CCC(N)Cc1ccccc1Oc1cc(Br)ccc1C. The predicted octanol–water partition coefficient (Wildman–Crippen LogP) is 4.83. The van der Waals surface area contributed by atoms with Crippen molar-refractivity contribution in [2.45, 2.75) is 32.7 Å². The zero-order chi connectivity index (χ0) is 14.5. The summed E-state index contributed by atoms with van der Waals surface area (Å²) >= 11 is 3.48. The Bertz CT molecular complexity index is 583. The normalized spacial score (nSPS) is 12.2. The second-order valence-corrected chi connectivity index (χ2v) is 5.91. The molecule has 0 bridgehead atoms. The maximum absolute atomic E-state index is 6.08. The van der Waals surface area contributed by atoms with E-state index in [1.165, 1.54) is 0 Å². The number of aryl methyl sites for hydroxylation is 1. The lowest BCUT2D eigenvalue weighted by Gasteiger charge is -2.15. The summed E-state index contributed by atoms with van der Waals surface area (Å²) in [5.74, 6) is 1.76. The average molecular weight is 334 g/mol. The average Bonchev–Trinajstić information content (AvgIpc) is 2.44. The van der Waals surface area contributed by atoms with Crippen LogP contribution in [0.2, 0.25) is 0 Å². The van der Waals surface area contributed by atoms with Crippen LogP contribution in [0.1, 0.15) is 24.5 Å². The maximum atomic E-state index is 6.08. The van der Waals surface area contributed by atoms with Crippen LogP contribution in [-0.2, 0) is 6.42 Å². The Kier molecular flexibility index (Phi) is 5.21. The molecule has 0 fully saturated rings. The summed E-state index contributed by atoms with van der Waals surface area (Å²) in [5.41, 5.74) is 8.33. The highest BCUT2D eigenvalue weighted by atomic mass is 79.9. The van der Waals surface area contributed by atoms with E-state index < -0.39 is 0 Å². The van der Waals surface area contributed by atoms with Crippen LogP contribution in [0.25, 0.3) is 0 Å². The van der Waals surface area contributed by atoms with Crippen LogP contribution >= 0.6 is 15.9 Å². The fraction of sp³-hybridized carbons (Fsp3) is 0.294. The first-order valence-electron chi connectivity index (χ1n) is 6.87. The number of rotatable bonds is 5. The molecule has 0 aliphatic rings. The van der Waals surface area contributed by atoms with Crippen LogP contribution in [0.5, 0.6) is 11.5 Å². The van der Waals surface area contributed by atoms with E-state index in [4.69, 9.17) is 10.5 Å². The van der Waals surface area contributed by atoms with Crippen molar-refractivity contribution < 1.29 is 4.74 Å². The van der Waals surface area contributed by atoms with Crippen molar-refractivity contribution >= 4 is 15.9 Å². The Morgan fingerprint density at radius 1 is 1.15 bits per heavy atom. The first kappa shape index (κ1) is 15.1. The minimum absolute atomic E-state index is 0.170. The van der Waals surface area contributed by atoms with Gasteiger partial charge in [-0.05, 0) is 49.1 Å². The standard InChI is InChI=1S/C17H20BrNO/c1-3-15(19)10-13-6-4-5-7-16(13)20-17-11-14(18)9-8-12(17)2/h4-9,11,15H,3,10,19H2,1-2H3. The predicted molar refractivity (Wildman–Crippen MR) is 87.4 cm³/mol. The van der Waals surface area contributed by atoms with Crippen LogP contribution in [0.3, 0.4) is 0 Å². The quantitative estimate of drug-likeness (QED) is 0.850. The lowest BCUT2D eigenvalue weighted by Crippen LogP contribution is -2.21. The van der Waals surface area contributed by atoms with Gasteiger partial charge in [0.1, 0.15) is 11.5 Å². The van der Waals surface area contributed by atoms with Crippen molar-refractivity contribution in [2.75, 3.05) is 0 Å². The Labute approximate surface area is 129 Å². The van der Waals surface area contributed by atoms with Gasteiger partial charge in [0.05, 0.1) is 0 Å². The molecule has 0 aliphatic heterocycles. The molecule has 0 radical (unpaired) electrons. The number of ether oxygens (including phenoxy) is 1. The lowest BCUT2D eigenvalue weighted by atomic mass is 10.0. The number of hydrogen-bond donors (Lipinski definition) is 1. The molecule has 1 unspecified atom stereocenters. The largest absolute Gasteiger partial charge is 0.457 e. The van der Waals surface area contributed by atoms with Crippen molar-refractivity contribution in [3.63, 3.8) is 0 Å². The van der Waals surface area contributed by atoms with E-state index >= 15 is 0 Å². The number of nitrogens with two attached hydrogens (primary N) is 1. The molecule has 0 aromatic heterocycles. The van der Waals surface area contributed by atoms with Gasteiger partial charge in [-0.25, -0.2) is 0 Å². The molecule has 0 aliphatic carbocycles. The molecule has 0 saturated carbocycles. The van der Waals surface area contributed by atoms with Gasteiger partial charge in [-0.1, -0.05) is 47.1 Å². The summed E-state index contributed by atoms with van der Waals surface area (Å²) < 4.78 is 7.10. The first-order chi connectivity index (χ1) is 9.60. The van der Waals surface area contributed by atoms with Gasteiger partial charge in [0, 0.05) is 10.5 Å². The summed E-state index contributed by atoms with van der Waals surface area (Å²) in [5, 5.41) is 0. The molecule has 3 heteroatoms. The van der Waals surface area contributed by atoms with Crippen LogP contribution in [-0.4, -0.2) is 6.04 Å². The molecule has 20 heavy (non-hydrogen) atoms. The fourth-order valence-electron chi connectivity index (χ4n) is 2.00. The highest BCUT2D eigenvalue weighted by Crippen LogP contribution is 2.30. The van der Waals surface area contributed by atoms with Gasteiger partial charge in [0.2, 0.25) is 0 Å². The van der Waals surface area contributed by atoms with E-state index in [0.717, 1.165) is 39.9 Å². The Balaban J connectivity index is 2.27. The molecular formula is C17H20BrNO. The molecule has 2 nitrogen and oxygen atoms in total. The third-order valence-electron chi connectivity index (χ3n) is 3.35. The molecule has 0 spiro atoms. The van der Waals surface area contributed by atoms with Gasteiger partial charge in [-0.2, -0.15) is 0 Å². The van der Waals surface area contributed by atoms with Crippen LogP contribution in [0.4, 0.5) is 0 Å². The highest BCUT2D eigenvalue weighted by molar-refractivity contribution is 9.10. The van der Waals surface area contributed by atoms with E-state index in [-0.39, 0.29) is 6.04 Å². The number of halogens is 1. The molecule has 2 rings (SSSR count). The van der Waals surface area contributed by atoms with Crippen molar-refractivity contribution in [1.29, 1.82) is 0 Å². The van der Waals surface area contributed by atoms with E-state index in [1.54, 1.807) is 0 Å². The maximum Gasteiger partial charge on any atom is 0.131 e. The summed E-state index contributed by atoms with van der Waals surface area (Å²) in [7, 11) is 0. The Morgan fingerprint density at radius 3 is 2.65 bits per heavy atom. The van der Waals surface area contributed by atoms with E-state index in [2.05, 4.69) is 28.9 Å². The van der Waals surface area contributed by atoms with Crippen molar-refractivity contribution in [2.24, 2.45) is 5.73 Å². The Hall–Kier alpha value is -1.32. The Morgan fingerprint density at radius 2 is 1.90 bits per heavy atom. The zero-order valence-corrected chi connectivity index (χ0v) is 13.5. The second kappa shape index (κ2) is 6.91. The smallest absolute Gasteiger partial charge is 0.131 e. The monoisotopic (exact) mass is 333 g/mol. The van der Waals surface area contributed by atoms with Gasteiger partial charge < -0.3 is 10.5 Å². The number of para-hydroxylation sites is 1. The molecule has 2 N–H and O–H groups in total. The molecule has 2 aromatic carbocycles. The summed E-state index contributed by atoms with van der Waals surface area (Å²) in [6.45, 7) is 4.15. The molecule has 0 saturated heterocycles. The van der Waals surface area contributed by atoms with Gasteiger partial charge >= 0.3 is 0 Å². The zero-order valence-electron chi connectivity index (χ0n) is 11.9. The lowest BCUT2D eigenvalue weighted by molar-refractivity contribution is 0.468. The molecule has 0 amide bonds. The van der Waals surface area contributed by atoms with Crippen molar-refractivity contribution in [3.05, 3.63) is 58.1 Å². The third kappa shape index (κ3) is 3.84. The van der Waals surface area contributed by atoms with Gasteiger partial charge in [-0.3, -0.25) is 0 Å². The topological polar surface area (TPSA) is 35.2 Å². The van der Waals surface area contributed by atoms with Gasteiger partial charge in [-0.15, -0.1) is 0 Å². The van der Waals surface area contributed by atoms with Crippen molar-refractivity contribution in [1.82, 2.24) is 0 Å². The van der Waals surface area contributed by atoms with E-state index in [0.29, 0.717) is 0 Å². The molecular weight excluding hydrogens is 314 g/mol. The van der Waals surface area contributed by atoms with Crippen molar-refractivity contribution in [3.8, 4) is 11.5 Å². The summed E-state index contributed by atoms with van der Waals surface area (Å²) in [6.07, 6.45) is 1.80. The summed E-state index contributed by atoms with van der Waals surface area (Å²) in [6, 6.07) is 14.3. The second-order valence-electron chi connectivity index (χ2n) is 4.99. The molecule has 0 heterocycles. The van der Waals surface area contributed by atoms with E-state index in [1.807, 2.05) is 43.3 Å². The van der Waals surface area contributed by atoms with Crippen LogP contribution in [0.15, 0.2) is 46.9 Å². The van der Waals surface area contributed by atoms with Crippen LogP contribution < -0.4 is 10.5 Å². The van der Waals surface area contributed by atoms with E-state index in [9.17, 15) is 0 Å². The third-order valence-corrected chi connectivity index (χ3v) is 3.84.